The molecule has 3 N–H and O–H groups in total. The molecule has 2 unspecified atom stereocenters. The summed E-state index contributed by atoms with van der Waals surface area (Å²) in [5, 5.41) is 2.69. The van der Waals surface area contributed by atoms with Gasteiger partial charge in [-0.2, -0.15) is 0 Å². The van der Waals surface area contributed by atoms with Gasteiger partial charge in [0.2, 0.25) is 5.91 Å². The van der Waals surface area contributed by atoms with Crippen molar-refractivity contribution in [3.63, 3.8) is 0 Å². The number of benzene rings is 1. The maximum absolute atomic E-state index is 13.0. The third-order valence-corrected chi connectivity index (χ3v) is 3.53. The topological polar surface area (TPSA) is 67.6 Å². The van der Waals surface area contributed by atoms with Crippen LogP contribution in [0.1, 0.15) is 13.3 Å². The van der Waals surface area contributed by atoms with Gasteiger partial charge in [-0.05, 0) is 25.1 Å². The second-order valence-electron chi connectivity index (χ2n) is 5.38. The number of nitrogens with zero attached hydrogens (tertiary/aromatic N) is 1. The lowest BCUT2D eigenvalue weighted by molar-refractivity contribution is -0.117. The molecule has 1 aliphatic rings. The molecular formula is C15H22FN3O2. The minimum Gasteiger partial charge on any atom is -0.374 e. The van der Waals surface area contributed by atoms with Gasteiger partial charge in [-0.3, -0.25) is 9.69 Å². The van der Waals surface area contributed by atoms with E-state index in [9.17, 15) is 9.18 Å². The van der Waals surface area contributed by atoms with Gasteiger partial charge in [-0.15, -0.1) is 0 Å². The fourth-order valence-electron chi connectivity index (χ4n) is 2.30. The number of halogens is 1. The molecular weight excluding hydrogens is 273 g/mol. The Balaban J connectivity index is 1.76. The Morgan fingerprint density at radius 2 is 2.43 bits per heavy atom. The van der Waals surface area contributed by atoms with Crippen LogP contribution in [0.15, 0.2) is 24.3 Å². The average molecular weight is 295 g/mol. The van der Waals surface area contributed by atoms with Crippen LogP contribution in [-0.2, 0) is 9.53 Å². The van der Waals surface area contributed by atoms with Gasteiger partial charge in [0.25, 0.3) is 0 Å². The summed E-state index contributed by atoms with van der Waals surface area (Å²) in [7, 11) is 0. The van der Waals surface area contributed by atoms with E-state index in [0.29, 0.717) is 25.3 Å². The van der Waals surface area contributed by atoms with E-state index in [-0.39, 0.29) is 23.9 Å². The summed E-state index contributed by atoms with van der Waals surface area (Å²) in [6.45, 7) is 4.75. The summed E-state index contributed by atoms with van der Waals surface area (Å²) in [5.41, 5.74) is 6.32. The van der Waals surface area contributed by atoms with Crippen LogP contribution in [0.4, 0.5) is 10.1 Å². The molecule has 0 aliphatic carbocycles. The second-order valence-corrected chi connectivity index (χ2v) is 5.38. The minimum atomic E-state index is -0.360. The Morgan fingerprint density at radius 1 is 1.62 bits per heavy atom. The number of ether oxygens (including phenoxy) is 1. The van der Waals surface area contributed by atoms with Gasteiger partial charge in [0, 0.05) is 37.8 Å². The van der Waals surface area contributed by atoms with Crippen LogP contribution in [0.25, 0.3) is 0 Å². The maximum Gasteiger partial charge on any atom is 0.225 e. The standard InChI is InChI=1S/C15H22FN3O2/c1-11(17)14-10-19(7-8-21-14)6-5-15(20)18-13-4-2-3-12(16)9-13/h2-4,9,11,14H,5-8,10,17H2,1H3,(H,18,20). The number of carbonyl (C=O) groups excluding carboxylic acids is 1. The van der Waals surface area contributed by atoms with E-state index in [1.165, 1.54) is 12.1 Å². The predicted molar refractivity (Wildman–Crippen MR) is 79.5 cm³/mol. The highest BCUT2D eigenvalue weighted by Gasteiger charge is 2.23. The molecule has 1 heterocycles. The molecule has 1 aromatic rings. The van der Waals surface area contributed by atoms with E-state index in [1.807, 2.05) is 6.92 Å². The molecule has 5 nitrogen and oxygen atoms in total. The van der Waals surface area contributed by atoms with Gasteiger partial charge in [0.05, 0.1) is 12.7 Å². The van der Waals surface area contributed by atoms with Crippen molar-refractivity contribution >= 4 is 11.6 Å². The third-order valence-electron chi connectivity index (χ3n) is 3.53. The molecule has 0 saturated carbocycles. The molecule has 21 heavy (non-hydrogen) atoms. The molecule has 0 spiro atoms. The zero-order valence-corrected chi connectivity index (χ0v) is 12.2. The Bertz CT molecular complexity index is 482. The predicted octanol–water partition coefficient (Wildman–Crippen LogP) is 1.20. The maximum atomic E-state index is 13.0. The highest BCUT2D eigenvalue weighted by molar-refractivity contribution is 5.90. The number of carbonyl (C=O) groups is 1. The molecule has 2 atom stereocenters. The van der Waals surface area contributed by atoms with Crippen LogP contribution in [0.3, 0.4) is 0 Å². The van der Waals surface area contributed by atoms with E-state index < -0.39 is 0 Å². The summed E-state index contributed by atoms with van der Waals surface area (Å²) < 4.78 is 18.6. The molecule has 0 aromatic heterocycles. The van der Waals surface area contributed by atoms with E-state index in [2.05, 4.69) is 10.2 Å². The van der Waals surface area contributed by atoms with Crippen molar-refractivity contribution in [3.8, 4) is 0 Å². The van der Waals surface area contributed by atoms with Crippen LogP contribution in [0.5, 0.6) is 0 Å². The van der Waals surface area contributed by atoms with E-state index in [1.54, 1.807) is 12.1 Å². The number of nitrogens with one attached hydrogen (secondary N) is 1. The molecule has 1 aliphatic heterocycles. The molecule has 0 radical (unpaired) electrons. The molecule has 1 aromatic carbocycles. The second kappa shape index (κ2) is 7.49. The summed E-state index contributed by atoms with van der Waals surface area (Å²) in [5.74, 6) is -0.481. The Hall–Kier alpha value is -1.50. The first-order chi connectivity index (χ1) is 10.0. The van der Waals surface area contributed by atoms with Crippen LogP contribution in [0.2, 0.25) is 0 Å². The largest absolute Gasteiger partial charge is 0.374 e. The van der Waals surface area contributed by atoms with E-state index in [4.69, 9.17) is 10.5 Å². The Kier molecular flexibility index (Phi) is 5.67. The van der Waals surface area contributed by atoms with Gasteiger partial charge < -0.3 is 15.8 Å². The lowest BCUT2D eigenvalue weighted by Gasteiger charge is -2.34. The van der Waals surface area contributed by atoms with E-state index in [0.717, 1.165) is 13.1 Å². The lowest BCUT2D eigenvalue weighted by atomic mass is 10.1. The average Bonchev–Trinajstić information content (AvgIpc) is 2.45. The zero-order valence-electron chi connectivity index (χ0n) is 12.2. The van der Waals surface area contributed by atoms with Crippen molar-refractivity contribution in [2.24, 2.45) is 5.73 Å². The molecule has 1 saturated heterocycles. The summed E-state index contributed by atoms with van der Waals surface area (Å²) in [6, 6.07) is 5.87. The van der Waals surface area contributed by atoms with Crippen LogP contribution in [-0.4, -0.2) is 49.2 Å². The number of rotatable bonds is 5. The highest BCUT2D eigenvalue weighted by Crippen LogP contribution is 2.11. The van der Waals surface area contributed by atoms with Gasteiger partial charge in [0.15, 0.2) is 0 Å². The quantitative estimate of drug-likeness (QED) is 0.856. The zero-order chi connectivity index (χ0) is 15.2. The molecule has 1 amide bonds. The smallest absolute Gasteiger partial charge is 0.225 e. The van der Waals surface area contributed by atoms with Crippen molar-refractivity contribution < 1.29 is 13.9 Å². The first kappa shape index (κ1) is 15.9. The number of anilines is 1. The van der Waals surface area contributed by atoms with Crippen LogP contribution < -0.4 is 11.1 Å². The molecule has 2 rings (SSSR count). The number of nitrogens with two attached hydrogens (primary N) is 1. The normalized spacial score (nSPS) is 21.0. The van der Waals surface area contributed by atoms with Crippen molar-refractivity contribution in [2.75, 3.05) is 31.6 Å². The molecule has 6 heteroatoms. The van der Waals surface area contributed by atoms with Gasteiger partial charge >= 0.3 is 0 Å². The summed E-state index contributed by atoms with van der Waals surface area (Å²) >= 11 is 0. The number of hydrogen-bond acceptors (Lipinski definition) is 4. The van der Waals surface area contributed by atoms with Crippen molar-refractivity contribution in [1.29, 1.82) is 0 Å². The first-order valence-corrected chi connectivity index (χ1v) is 7.19. The number of morpholine rings is 1. The Morgan fingerprint density at radius 3 is 3.14 bits per heavy atom. The molecule has 116 valence electrons. The SMILES string of the molecule is CC(N)C1CN(CCC(=O)Nc2cccc(F)c2)CCO1. The van der Waals surface area contributed by atoms with Crippen LogP contribution in [0, 0.1) is 5.82 Å². The van der Waals surface area contributed by atoms with Crippen molar-refractivity contribution in [3.05, 3.63) is 30.1 Å². The summed E-state index contributed by atoms with van der Waals surface area (Å²) in [6.07, 6.45) is 0.382. The fraction of sp³-hybridized carbons (Fsp3) is 0.533. The number of hydrogen-bond donors (Lipinski definition) is 2. The highest BCUT2D eigenvalue weighted by atomic mass is 19.1. The number of amides is 1. The Labute approximate surface area is 124 Å². The third kappa shape index (κ3) is 5.08. The monoisotopic (exact) mass is 295 g/mol. The first-order valence-electron chi connectivity index (χ1n) is 7.19. The lowest BCUT2D eigenvalue weighted by Crippen LogP contribution is -2.50. The van der Waals surface area contributed by atoms with E-state index >= 15 is 0 Å². The van der Waals surface area contributed by atoms with Crippen molar-refractivity contribution in [1.82, 2.24) is 4.90 Å². The summed E-state index contributed by atoms with van der Waals surface area (Å²) in [4.78, 5) is 14.0. The van der Waals surface area contributed by atoms with Gasteiger partial charge in [0.1, 0.15) is 5.82 Å². The van der Waals surface area contributed by atoms with Crippen molar-refractivity contribution in [2.45, 2.75) is 25.5 Å². The molecule has 1 fully saturated rings. The van der Waals surface area contributed by atoms with Gasteiger partial charge in [-0.1, -0.05) is 6.07 Å². The minimum absolute atomic E-state index is 0.0185. The van der Waals surface area contributed by atoms with Crippen LogP contribution >= 0.6 is 0 Å². The fourth-order valence-corrected chi connectivity index (χ4v) is 2.30. The molecule has 0 bridgehead atoms. The van der Waals surface area contributed by atoms with Gasteiger partial charge in [-0.25, -0.2) is 4.39 Å².